The van der Waals surface area contributed by atoms with Gasteiger partial charge in [0.25, 0.3) is 5.91 Å². The smallest absolute Gasteiger partial charge is 0.309 e. The predicted octanol–water partition coefficient (Wildman–Crippen LogP) is 4.04. The maximum Gasteiger partial charge on any atom is 0.309 e. The van der Waals surface area contributed by atoms with E-state index in [9.17, 15) is 9.59 Å². The van der Waals surface area contributed by atoms with Gasteiger partial charge in [-0.1, -0.05) is 20.8 Å². The molecule has 3 aliphatic rings. The molecule has 0 bridgehead atoms. The van der Waals surface area contributed by atoms with Crippen LogP contribution in [-0.2, 0) is 16.0 Å². The Morgan fingerprint density at radius 2 is 2.17 bits per heavy atom. The van der Waals surface area contributed by atoms with Crippen LogP contribution < -0.4 is 5.32 Å². The molecule has 6 nitrogen and oxygen atoms in total. The van der Waals surface area contributed by atoms with Crippen molar-refractivity contribution in [2.75, 3.05) is 5.32 Å². The van der Waals surface area contributed by atoms with Gasteiger partial charge in [0, 0.05) is 35.0 Å². The summed E-state index contributed by atoms with van der Waals surface area (Å²) < 4.78 is 5.89. The van der Waals surface area contributed by atoms with E-state index in [0.717, 1.165) is 25.0 Å². The van der Waals surface area contributed by atoms with Crippen LogP contribution in [0.1, 0.15) is 60.5 Å². The van der Waals surface area contributed by atoms with Gasteiger partial charge in [0.2, 0.25) is 0 Å². The maximum atomic E-state index is 12.5. The highest BCUT2D eigenvalue weighted by atomic mass is 32.1. The largest absolute Gasteiger partial charge is 0.461 e. The van der Waals surface area contributed by atoms with Crippen molar-refractivity contribution in [3.05, 3.63) is 40.7 Å². The molecule has 1 saturated carbocycles. The topological polar surface area (TPSA) is 81.2 Å². The molecule has 0 aromatic carbocycles. The summed E-state index contributed by atoms with van der Waals surface area (Å²) in [4.78, 5) is 34.8. The van der Waals surface area contributed by atoms with Gasteiger partial charge in [-0.15, -0.1) is 11.3 Å². The zero-order valence-electron chi connectivity index (χ0n) is 16.8. The van der Waals surface area contributed by atoms with Gasteiger partial charge in [0.15, 0.2) is 5.13 Å². The summed E-state index contributed by atoms with van der Waals surface area (Å²) in [6.07, 6.45) is 6.24. The molecular formula is C22H25N3O3S. The summed E-state index contributed by atoms with van der Waals surface area (Å²) in [7, 11) is 0. The molecule has 1 N–H and O–H groups in total. The van der Waals surface area contributed by atoms with Gasteiger partial charge in [-0.3, -0.25) is 19.9 Å². The molecule has 2 aromatic heterocycles. The minimum atomic E-state index is -0.195. The Kier molecular flexibility index (Phi) is 4.28. The molecule has 0 radical (unpaired) electrons. The highest BCUT2D eigenvalue weighted by Gasteiger charge is 2.58. The molecule has 1 amide bonds. The van der Waals surface area contributed by atoms with E-state index in [-0.39, 0.29) is 41.1 Å². The number of hydrogen-bond donors (Lipinski definition) is 1. The van der Waals surface area contributed by atoms with Crippen molar-refractivity contribution in [2.45, 2.75) is 52.1 Å². The second kappa shape index (κ2) is 6.62. The Balaban J connectivity index is 1.44. The standard InChI is InChI=1S/C22H25N3O3S/c1-11-14-6-7-22(3)9-15-17(12(2)16(22)18(14)28-20(11)27)24-21(29-15)25-19(26)13-5-4-8-23-10-13/h4-5,8,10-12,14,16,18H,6-7,9H2,1-3H3,(H,24,25,26)/t11-,12+,14-,16+,18+,22+/m0/s1. The summed E-state index contributed by atoms with van der Waals surface area (Å²) in [5.41, 5.74) is 1.66. The molecule has 29 heavy (non-hydrogen) atoms. The number of pyridine rings is 1. The highest BCUT2D eigenvalue weighted by molar-refractivity contribution is 7.15. The summed E-state index contributed by atoms with van der Waals surface area (Å²) in [5, 5.41) is 3.56. The van der Waals surface area contributed by atoms with Crippen molar-refractivity contribution in [1.82, 2.24) is 9.97 Å². The third kappa shape index (κ3) is 2.89. The SMILES string of the molecule is C[C@@H]1C(=O)O[C@@H]2[C@H]1CC[C@]1(C)Cc3sc(NC(=O)c4cccnc4)nc3[C@H](C)[C@H]21. The van der Waals surface area contributed by atoms with E-state index in [1.54, 1.807) is 35.9 Å². The Morgan fingerprint density at radius 3 is 2.93 bits per heavy atom. The van der Waals surface area contributed by atoms with Crippen LogP contribution in [0.3, 0.4) is 0 Å². The van der Waals surface area contributed by atoms with Crippen LogP contribution in [0.5, 0.6) is 0 Å². The lowest BCUT2D eigenvalue weighted by Gasteiger charge is -2.51. The molecular weight excluding hydrogens is 386 g/mol. The number of nitrogens with zero attached hydrogens (tertiary/aromatic N) is 2. The van der Waals surface area contributed by atoms with E-state index in [1.807, 2.05) is 6.92 Å². The van der Waals surface area contributed by atoms with E-state index in [1.165, 1.54) is 4.88 Å². The van der Waals surface area contributed by atoms with Crippen LogP contribution >= 0.6 is 11.3 Å². The minimum Gasteiger partial charge on any atom is -0.461 e. The molecule has 2 aromatic rings. The van der Waals surface area contributed by atoms with Gasteiger partial charge in [0.05, 0.1) is 17.2 Å². The van der Waals surface area contributed by atoms with Crippen molar-refractivity contribution in [2.24, 2.45) is 23.2 Å². The number of ether oxygens (including phenoxy) is 1. The first-order valence-corrected chi connectivity index (χ1v) is 11.1. The second-order valence-corrected chi connectivity index (χ2v) is 10.1. The fourth-order valence-corrected chi connectivity index (χ4v) is 7.06. The molecule has 7 heteroatoms. The molecule has 0 unspecified atom stereocenters. The van der Waals surface area contributed by atoms with E-state index in [4.69, 9.17) is 9.72 Å². The highest BCUT2D eigenvalue weighted by Crippen LogP contribution is 2.59. The first-order chi connectivity index (χ1) is 13.9. The van der Waals surface area contributed by atoms with E-state index in [2.05, 4.69) is 24.1 Å². The number of fused-ring (bicyclic) bond motifs is 4. The van der Waals surface area contributed by atoms with E-state index in [0.29, 0.717) is 16.6 Å². The van der Waals surface area contributed by atoms with Crippen LogP contribution in [0, 0.1) is 23.2 Å². The van der Waals surface area contributed by atoms with Gasteiger partial charge < -0.3 is 4.74 Å². The molecule has 152 valence electrons. The van der Waals surface area contributed by atoms with Crippen LogP contribution in [0.15, 0.2) is 24.5 Å². The quantitative estimate of drug-likeness (QED) is 0.754. The third-order valence-corrected chi connectivity index (χ3v) is 8.29. The average molecular weight is 412 g/mol. The Morgan fingerprint density at radius 1 is 1.34 bits per heavy atom. The molecule has 3 heterocycles. The number of aromatic nitrogens is 2. The number of rotatable bonds is 2. The first-order valence-electron chi connectivity index (χ1n) is 10.3. The van der Waals surface area contributed by atoms with Crippen molar-refractivity contribution in [3.8, 4) is 0 Å². The van der Waals surface area contributed by atoms with Crippen LogP contribution in [0.25, 0.3) is 0 Å². The Labute approximate surface area is 174 Å². The zero-order valence-corrected chi connectivity index (χ0v) is 17.7. The second-order valence-electron chi connectivity index (χ2n) is 9.06. The van der Waals surface area contributed by atoms with Gasteiger partial charge in [-0.2, -0.15) is 0 Å². The molecule has 0 spiro atoms. The fourth-order valence-electron chi connectivity index (χ4n) is 5.80. The van der Waals surface area contributed by atoms with E-state index < -0.39 is 0 Å². The van der Waals surface area contributed by atoms with Crippen molar-refractivity contribution in [3.63, 3.8) is 0 Å². The van der Waals surface area contributed by atoms with E-state index >= 15 is 0 Å². The third-order valence-electron chi connectivity index (χ3n) is 7.30. The van der Waals surface area contributed by atoms with Crippen LogP contribution in [-0.4, -0.2) is 27.9 Å². The number of carbonyl (C=O) groups is 2. The number of amides is 1. The lowest BCUT2D eigenvalue weighted by Crippen LogP contribution is -2.50. The molecule has 5 rings (SSSR count). The Bertz CT molecular complexity index is 975. The molecule has 6 atom stereocenters. The van der Waals surface area contributed by atoms with Crippen molar-refractivity contribution in [1.29, 1.82) is 0 Å². The Hall–Kier alpha value is -2.28. The van der Waals surface area contributed by atoms with Gasteiger partial charge >= 0.3 is 5.97 Å². The number of esters is 1. The molecule has 1 aliphatic heterocycles. The van der Waals surface area contributed by atoms with Crippen LogP contribution in [0.2, 0.25) is 0 Å². The normalized spacial score (nSPS) is 35.3. The molecule has 1 saturated heterocycles. The summed E-state index contributed by atoms with van der Waals surface area (Å²) in [6.45, 7) is 6.54. The molecule has 2 fully saturated rings. The van der Waals surface area contributed by atoms with Gasteiger partial charge in [-0.05, 0) is 36.8 Å². The fraction of sp³-hybridized carbons (Fsp3) is 0.545. The first kappa shape index (κ1) is 18.7. The number of hydrogen-bond acceptors (Lipinski definition) is 6. The van der Waals surface area contributed by atoms with Crippen molar-refractivity contribution >= 4 is 28.3 Å². The lowest BCUT2D eigenvalue weighted by molar-refractivity contribution is -0.149. The monoisotopic (exact) mass is 411 g/mol. The number of carbonyl (C=O) groups excluding carboxylic acids is 2. The zero-order chi connectivity index (χ0) is 20.3. The average Bonchev–Trinajstić information content (AvgIpc) is 3.22. The number of anilines is 1. The lowest BCUT2D eigenvalue weighted by atomic mass is 9.54. The van der Waals surface area contributed by atoms with Gasteiger partial charge in [0.1, 0.15) is 6.10 Å². The predicted molar refractivity (Wildman–Crippen MR) is 110 cm³/mol. The maximum absolute atomic E-state index is 12.5. The minimum absolute atomic E-state index is 0.0112. The van der Waals surface area contributed by atoms with Gasteiger partial charge in [-0.25, -0.2) is 4.98 Å². The van der Waals surface area contributed by atoms with Crippen molar-refractivity contribution < 1.29 is 14.3 Å². The number of thiazole rings is 1. The molecule has 2 aliphatic carbocycles. The summed E-state index contributed by atoms with van der Waals surface area (Å²) >= 11 is 1.57. The van der Waals surface area contributed by atoms with Crippen LogP contribution in [0.4, 0.5) is 5.13 Å². The summed E-state index contributed by atoms with van der Waals surface area (Å²) in [6, 6.07) is 3.49. The number of nitrogens with one attached hydrogen (secondary N) is 1. The summed E-state index contributed by atoms with van der Waals surface area (Å²) in [5.74, 6) is 0.515.